The van der Waals surface area contributed by atoms with Crippen molar-refractivity contribution in [3.05, 3.63) is 50.8 Å². The smallest absolute Gasteiger partial charge is 0.343 e. The number of fused-ring (bicyclic) bond motifs is 6. The van der Waals surface area contributed by atoms with Crippen LogP contribution >= 0.6 is 37.2 Å². The summed E-state index contributed by atoms with van der Waals surface area (Å²) in [5.74, 6) is 0.664. The maximum Gasteiger partial charge on any atom is 0.343 e. The molecule has 0 unspecified atom stereocenters. The predicted octanol–water partition coefficient (Wildman–Crippen LogP) is 4.61. The highest BCUT2D eigenvalue weighted by molar-refractivity contribution is 15.0. The van der Waals surface area contributed by atoms with Gasteiger partial charge in [0.2, 0.25) is 0 Å². The van der Waals surface area contributed by atoms with Gasteiger partial charge in [0.1, 0.15) is 19.8 Å². The van der Waals surface area contributed by atoms with Crippen molar-refractivity contribution < 1.29 is 24.1 Å². The Morgan fingerprint density at radius 1 is 1.00 bits per heavy atom. The van der Waals surface area contributed by atoms with Crippen molar-refractivity contribution in [2.75, 3.05) is 26.3 Å². The molecule has 0 saturated carbocycles. The molecule has 1 aromatic carbocycles. The quantitative estimate of drug-likeness (QED) is 0.239. The fraction of sp³-hybridized carbons (Fsp3) is 0.464. The van der Waals surface area contributed by atoms with Gasteiger partial charge in [-0.3, -0.25) is 9.69 Å². The number of benzene rings is 1. The first kappa shape index (κ1) is 27.2. The fourth-order valence-electron chi connectivity index (χ4n) is 6.22. The van der Waals surface area contributed by atoms with E-state index >= 15 is 0 Å². The molecular weight excluding hydrogens is 728 g/mol. The number of hydrogen-bond donors (Lipinski definition) is 1. The third kappa shape index (κ3) is 4.43. The summed E-state index contributed by atoms with van der Waals surface area (Å²) in [5.41, 5.74) is 2.83. The number of ether oxygens (including phenoxy) is 3. The largest absolute Gasteiger partial charge is 0.486 e. The summed E-state index contributed by atoms with van der Waals surface area (Å²) in [6.07, 6.45) is 3.71. The molecule has 0 radical (unpaired) electrons. The van der Waals surface area contributed by atoms with Crippen LogP contribution in [0.15, 0.2) is 23.0 Å². The van der Waals surface area contributed by atoms with Gasteiger partial charge in [0.25, 0.3) is 5.56 Å². The normalized spacial score (nSPS) is 21.4. The molecule has 3 aromatic rings. The van der Waals surface area contributed by atoms with E-state index in [9.17, 15) is 14.7 Å². The van der Waals surface area contributed by atoms with E-state index in [1.165, 1.54) is 19.3 Å². The Kier molecular flexibility index (Phi) is 7.52. The predicted molar refractivity (Wildman–Crippen MR) is 163 cm³/mol. The first-order chi connectivity index (χ1) is 19.0. The number of halogens is 2. The zero-order valence-electron chi connectivity index (χ0n) is 21.6. The monoisotopic (exact) mass is 757 g/mol. The van der Waals surface area contributed by atoms with Crippen LogP contribution in [-0.4, -0.2) is 51.8 Å². The minimum Gasteiger partial charge on any atom is -0.486 e. The lowest BCUT2D eigenvalue weighted by Gasteiger charge is -2.31. The van der Waals surface area contributed by atoms with Crippen LogP contribution in [0.2, 0.25) is 0 Å². The molecule has 0 aliphatic carbocycles. The second kappa shape index (κ2) is 10.8. The number of rotatable bonds is 3. The Labute approximate surface area is 249 Å². The highest BCUT2D eigenvalue weighted by Gasteiger charge is 2.45. The first-order valence-electron chi connectivity index (χ1n) is 13.3. The molecule has 0 bridgehead atoms. The van der Waals surface area contributed by atoms with Crippen LogP contribution < -0.4 is 15.0 Å². The van der Waals surface area contributed by atoms with Gasteiger partial charge in [-0.05, 0) is 50.0 Å². The molecule has 4 aliphatic rings. The summed E-state index contributed by atoms with van der Waals surface area (Å²) in [6, 6.07) is 5.71. The van der Waals surface area contributed by atoms with Gasteiger partial charge in [0.05, 0.1) is 29.0 Å². The van der Waals surface area contributed by atoms with Gasteiger partial charge in [0.15, 0.2) is 17.1 Å². The van der Waals surface area contributed by atoms with Gasteiger partial charge in [-0.1, -0.05) is 13.3 Å². The van der Waals surface area contributed by atoms with E-state index in [1.54, 1.807) is 17.6 Å². The zero-order chi connectivity index (χ0) is 27.3. The van der Waals surface area contributed by atoms with Crippen LogP contribution in [0.1, 0.15) is 54.9 Å². The van der Waals surface area contributed by atoms with E-state index in [2.05, 4.69) is 42.1 Å². The second-order valence-electron chi connectivity index (χ2n) is 10.4. The molecule has 2 aromatic heterocycles. The Bertz CT molecular complexity index is 1530. The Balaban J connectivity index is 0.00000135. The lowest BCUT2D eigenvalue weighted by molar-refractivity contribution is -0.172. The van der Waals surface area contributed by atoms with Crippen LogP contribution in [0.25, 0.3) is 22.3 Å². The van der Waals surface area contributed by atoms with Crippen LogP contribution in [0.5, 0.6) is 11.5 Å². The third-order valence-corrected chi connectivity index (χ3v) is 8.30. The summed E-state index contributed by atoms with van der Waals surface area (Å²) >= 11 is 4.24. The second-order valence-corrected chi connectivity index (χ2v) is 10.4. The topological polar surface area (TPSA) is 103 Å². The number of likely N-dealkylation sites (tertiary alicyclic amines) is 1. The Morgan fingerprint density at radius 3 is 2.44 bits per heavy atom. The molecule has 0 amide bonds. The van der Waals surface area contributed by atoms with Gasteiger partial charge < -0.3 is 23.9 Å². The molecular formula is C28H29I2N3O6. The van der Waals surface area contributed by atoms with Crippen molar-refractivity contribution in [1.82, 2.24) is 14.5 Å². The van der Waals surface area contributed by atoms with E-state index in [0.717, 1.165) is 41.7 Å². The number of carbonyl (C=O) groups is 1. The molecule has 9 nitrogen and oxygen atoms in total. The number of hydrogen-bond acceptors (Lipinski definition) is 8. The summed E-state index contributed by atoms with van der Waals surface area (Å²) in [4.78, 5) is 33.7. The molecule has 39 heavy (non-hydrogen) atoms. The van der Waals surface area contributed by atoms with Crippen molar-refractivity contribution in [2.45, 2.75) is 57.9 Å². The standard InChI is InChI=1S/C28H29N3O6.I2/c1-2-28(34)20-11-22-25-18(14-31(22)26(32)19(20)15-37-27(28)33)17(13-30-6-4-3-5-7-30)16-10-23-24(12-21(16)29-25)36-9-8-35-23;1-2/h10-12,34H,2-9,13-15H2,1H3;/t28-;/m0./s1. The Hall–Kier alpha value is -1.97. The summed E-state index contributed by atoms with van der Waals surface area (Å²) in [7, 11) is 0. The number of carbonyl (C=O) groups excluding carboxylic acids is 1. The molecule has 4 aliphatic heterocycles. The minimum atomic E-state index is -1.84. The van der Waals surface area contributed by atoms with Gasteiger partial charge >= 0.3 is 5.97 Å². The lowest BCUT2D eigenvalue weighted by Crippen LogP contribution is -2.44. The van der Waals surface area contributed by atoms with Gasteiger partial charge in [-0.25, -0.2) is 9.78 Å². The summed E-state index contributed by atoms with van der Waals surface area (Å²) in [6.45, 7) is 5.78. The first-order valence-corrected chi connectivity index (χ1v) is 19.6. The highest BCUT2D eigenvalue weighted by atomic mass is 128. The van der Waals surface area contributed by atoms with Crippen LogP contribution in [0.4, 0.5) is 0 Å². The van der Waals surface area contributed by atoms with Gasteiger partial charge in [0, 0.05) is 66.4 Å². The van der Waals surface area contributed by atoms with Crippen molar-refractivity contribution in [1.29, 1.82) is 0 Å². The Morgan fingerprint density at radius 2 is 1.72 bits per heavy atom. The van der Waals surface area contributed by atoms with E-state index in [1.807, 2.05) is 12.1 Å². The van der Waals surface area contributed by atoms with Crippen molar-refractivity contribution in [2.24, 2.45) is 0 Å². The van der Waals surface area contributed by atoms with Crippen LogP contribution in [-0.2, 0) is 34.8 Å². The number of aliphatic hydroxyl groups is 1. The average Bonchev–Trinajstić information content (AvgIpc) is 3.34. The van der Waals surface area contributed by atoms with Crippen LogP contribution in [0, 0.1) is 0 Å². The van der Waals surface area contributed by atoms with Crippen molar-refractivity contribution >= 4 is 54.1 Å². The van der Waals surface area contributed by atoms with Gasteiger partial charge in [-0.2, -0.15) is 0 Å². The molecule has 1 fully saturated rings. The number of nitrogens with zero attached hydrogens (tertiary/aromatic N) is 3. The molecule has 206 valence electrons. The molecule has 1 N–H and O–H groups in total. The number of cyclic esters (lactones) is 1. The minimum absolute atomic E-state index is 0.115. The van der Waals surface area contributed by atoms with Crippen molar-refractivity contribution in [3.8, 4) is 22.9 Å². The number of pyridine rings is 2. The van der Waals surface area contributed by atoms with Gasteiger partial charge in [-0.15, -0.1) is 0 Å². The average molecular weight is 757 g/mol. The van der Waals surface area contributed by atoms with E-state index in [-0.39, 0.29) is 18.6 Å². The molecule has 1 saturated heterocycles. The molecule has 1 atom stereocenters. The maximum atomic E-state index is 13.7. The SMILES string of the molecule is CC[C@@]1(O)C(=O)OCc2c1cc1n(c2=O)Cc2c-1nc1cc3c(cc1c2CN1CCCCC1)OCCO3.II. The number of aromatic nitrogens is 2. The van der Waals surface area contributed by atoms with Crippen LogP contribution in [0.3, 0.4) is 0 Å². The zero-order valence-corrected chi connectivity index (χ0v) is 25.9. The molecule has 7 rings (SSSR count). The molecule has 11 heteroatoms. The highest BCUT2D eigenvalue weighted by Crippen LogP contribution is 2.43. The number of piperidine rings is 1. The fourth-order valence-corrected chi connectivity index (χ4v) is 6.22. The summed E-state index contributed by atoms with van der Waals surface area (Å²) in [5, 5.41) is 12.2. The lowest BCUT2D eigenvalue weighted by atomic mass is 9.86. The summed E-state index contributed by atoms with van der Waals surface area (Å²) < 4.78 is 18.7. The maximum absolute atomic E-state index is 13.7. The molecule has 6 heterocycles. The van der Waals surface area contributed by atoms with E-state index in [0.29, 0.717) is 53.8 Å². The third-order valence-electron chi connectivity index (χ3n) is 8.30. The van der Waals surface area contributed by atoms with E-state index < -0.39 is 11.6 Å². The van der Waals surface area contributed by atoms with E-state index in [4.69, 9.17) is 19.2 Å². The molecule has 0 spiro atoms. The van der Waals surface area contributed by atoms with Crippen molar-refractivity contribution in [3.63, 3.8) is 0 Å². The number of esters is 1.